The number of benzene rings is 2. The second-order valence-electron chi connectivity index (χ2n) is 8.99. The lowest BCUT2D eigenvalue weighted by Gasteiger charge is -2.37. The van der Waals surface area contributed by atoms with Crippen molar-refractivity contribution in [2.45, 2.75) is 32.0 Å². The minimum absolute atomic E-state index is 0.00764. The summed E-state index contributed by atoms with van der Waals surface area (Å²) in [6.07, 6.45) is 4.30. The molecule has 0 bridgehead atoms. The highest BCUT2D eigenvalue weighted by atomic mass is 16.7. The van der Waals surface area contributed by atoms with E-state index in [1.165, 1.54) is 28.3 Å². The zero-order valence-corrected chi connectivity index (χ0v) is 21.4. The Kier molecular flexibility index (Phi) is 9.91. The van der Waals surface area contributed by atoms with Crippen LogP contribution in [0.1, 0.15) is 36.0 Å². The summed E-state index contributed by atoms with van der Waals surface area (Å²) in [4.78, 5) is 12.8. The van der Waals surface area contributed by atoms with Crippen LogP contribution in [0.25, 0.3) is 11.1 Å². The number of esters is 1. The van der Waals surface area contributed by atoms with Crippen molar-refractivity contribution in [1.82, 2.24) is 0 Å². The van der Waals surface area contributed by atoms with Gasteiger partial charge < -0.3 is 28.8 Å². The lowest BCUT2D eigenvalue weighted by atomic mass is 9.78. The first-order valence-electron chi connectivity index (χ1n) is 12.9. The van der Waals surface area contributed by atoms with Gasteiger partial charge in [0.05, 0.1) is 26.4 Å². The summed E-state index contributed by atoms with van der Waals surface area (Å²) in [5.74, 6) is -0.575. The van der Waals surface area contributed by atoms with Gasteiger partial charge in [0.2, 0.25) is 12.0 Å². The van der Waals surface area contributed by atoms with Crippen molar-refractivity contribution in [3.63, 3.8) is 0 Å². The zero-order chi connectivity index (χ0) is 26.0. The molecule has 7 heteroatoms. The number of hydrogen-bond donors (Lipinski definition) is 1. The monoisotopic (exact) mass is 508 g/mol. The SMILES string of the molecule is C=CCOC(=O)C1=C[C@@H](c2cccc3c2Cc2ccccc2-3)[C@H](CCOCCOCCO)[C@@H](OCC)O1. The topological polar surface area (TPSA) is 83.5 Å². The van der Waals surface area contributed by atoms with E-state index in [4.69, 9.17) is 28.8 Å². The highest BCUT2D eigenvalue weighted by Crippen LogP contribution is 2.45. The third kappa shape index (κ3) is 6.48. The highest BCUT2D eigenvalue weighted by molar-refractivity contribution is 5.87. The van der Waals surface area contributed by atoms with Crippen molar-refractivity contribution < 1.29 is 33.6 Å². The summed E-state index contributed by atoms with van der Waals surface area (Å²) < 4.78 is 28.5. The molecule has 0 saturated carbocycles. The Bertz CT molecular complexity index is 1090. The molecule has 0 radical (unpaired) electrons. The molecule has 0 spiro atoms. The predicted molar refractivity (Wildman–Crippen MR) is 140 cm³/mol. The number of carbonyl (C=O) groups excluding carboxylic acids is 1. The number of ether oxygens (including phenoxy) is 5. The molecule has 0 aromatic heterocycles. The smallest absolute Gasteiger partial charge is 0.373 e. The number of aliphatic hydroxyl groups excluding tert-OH is 1. The molecule has 7 nitrogen and oxygen atoms in total. The van der Waals surface area contributed by atoms with Crippen LogP contribution in [-0.4, -0.2) is 63.6 Å². The Morgan fingerprint density at radius 2 is 1.86 bits per heavy atom. The van der Waals surface area contributed by atoms with Gasteiger partial charge >= 0.3 is 5.97 Å². The second kappa shape index (κ2) is 13.5. The molecule has 1 aliphatic carbocycles. The second-order valence-corrected chi connectivity index (χ2v) is 8.99. The number of fused-ring (bicyclic) bond motifs is 3. The van der Waals surface area contributed by atoms with Crippen molar-refractivity contribution >= 4 is 5.97 Å². The van der Waals surface area contributed by atoms with Crippen molar-refractivity contribution in [2.24, 2.45) is 5.92 Å². The fourth-order valence-corrected chi connectivity index (χ4v) is 5.09. The standard InChI is InChI=1S/C30H36O7/c1-3-14-36-29(32)28-20-27(24-11-7-10-23-22-9-6-5-8-21(22)19-26(23)24)25(30(37-28)35-4-2)12-15-33-17-18-34-16-13-31/h3,5-11,20,25,27,30-31H,1,4,12-19H2,2H3/t25-,27-,30-/m0/s1. The Balaban J connectivity index is 1.63. The summed E-state index contributed by atoms with van der Waals surface area (Å²) in [7, 11) is 0. The van der Waals surface area contributed by atoms with Crippen molar-refractivity contribution in [3.05, 3.63) is 83.6 Å². The van der Waals surface area contributed by atoms with Crippen LogP contribution in [-0.2, 0) is 34.9 Å². The number of aliphatic hydroxyl groups is 1. The molecule has 1 heterocycles. The fraction of sp³-hybridized carbons (Fsp3) is 0.433. The molecule has 37 heavy (non-hydrogen) atoms. The molecule has 2 aromatic rings. The van der Waals surface area contributed by atoms with Crippen LogP contribution in [0.5, 0.6) is 0 Å². The van der Waals surface area contributed by atoms with Gasteiger partial charge in [0.15, 0.2) is 0 Å². The van der Waals surface area contributed by atoms with E-state index in [2.05, 4.69) is 49.0 Å². The third-order valence-electron chi connectivity index (χ3n) is 6.70. The molecular formula is C30H36O7. The first-order valence-corrected chi connectivity index (χ1v) is 12.9. The lowest BCUT2D eigenvalue weighted by molar-refractivity contribution is -0.176. The van der Waals surface area contributed by atoms with Gasteiger partial charge in [-0.2, -0.15) is 0 Å². The molecule has 1 aliphatic heterocycles. The molecule has 3 atom stereocenters. The van der Waals surface area contributed by atoms with Gasteiger partial charge in [0, 0.05) is 25.0 Å². The van der Waals surface area contributed by atoms with E-state index in [-0.39, 0.29) is 30.8 Å². The summed E-state index contributed by atoms with van der Waals surface area (Å²) in [5.41, 5.74) is 6.21. The first-order chi connectivity index (χ1) is 18.2. The molecule has 1 N–H and O–H groups in total. The minimum atomic E-state index is -0.625. The van der Waals surface area contributed by atoms with Crippen LogP contribution in [0.4, 0.5) is 0 Å². The van der Waals surface area contributed by atoms with Crippen LogP contribution in [0.15, 0.2) is 67.0 Å². The van der Waals surface area contributed by atoms with E-state index in [9.17, 15) is 4.79 Å². The normalized spacial score (nSPS) is 19.9. The average molecular weight is 509 g/mol. The average Bonchev–Trinajstić information content (AvgIpc) is 3.30. The first kappa shape index (κ1) is 27.1. The quantitative estimate of drug-likeness (QED) is 0.197. The van der Waals surface area contributed by atoms with E-state index in [1.807, 2.05) is 13.0 Å². The predicted octanol–water partition coefficient (Wildman–Crippen LogP) is 4.38. The zero-order valence-electron chi connectivity index (χ0n) is 21.4. The van der Waals surface area contributed by atoms with E-state index in [0.29, 0.717) is 39.5 Å². The maximum absolute atomic E-state index is 12.8. The summed E-state index contributed by atoms with van der Waals surface area (Å²) in [5, 5.41) is 8.85. The highest BCUT2D eigenvalue weighted by Gasteiger charge is 2.40. The summed E-state index contributed by atoms with van der Waals surface area (Å²) in [6.45, 7) is 7.71. The fourth-order valence-electron chi connectivity index (χ4n) is 5.09. The Hall–Kier alpha value is -2.97. The Labute approximate surface area is 218 Å². The van der Waals surface area contributed by atoms with Gasteiger partial charge in [-0.3, -0.25) is 0 Å². The van der Waals surface area contributed by atoms with Gasteiger partial charge in [-0.25, -0.2) is 4.79 Å². The van der Waals surface area contributed by atoms with Gasteiger partial charge in [-0.1, -0.05) is 55.1 Å². The molecular weight excluding hydrogens is 472 g/mol. The number of rotatable bonds is 14. The van der Waals surface area contributed by atoms with E-state index in [1.54, 1.807) is 0 Å². The maximum atomic E-state index is 12.8. The van der Waals surface area contributed by atoms with E-state index in [0.717, 1.165) is 12.0 Å². The molecule has 2 aliphatic rings. The lowest BCUT2D eigenvalue weighted by Crippen LogP contribution is -2.37. The molecule has 0 fully saturated rings. The molecule has 2 aromatic carbocycles. The van der Waals surface area contributed by atoms with Crippen LogP contribution in [0, 0.1) is 5.92 Å². The van der Waals surface area contributed by atoms with Gasteiger partial charge in [0.25, 0.3) is 0 Å². The Morgan fingerprint density at radius 3 is 2.65 bits per heavy atom. The number of carbonyl (C=O) groups is 1. The minimum Gasteiger partial charge on any atom is -0.457 e. The van der Waals surface area contributed by atoms with Crippen LogP contribution in [0.2, 0.25) is 0 Å². The van der Waals surface area contributed by atoms with E-state index >= 15 is 0 Å². The molecule has 0 unspecified atom stereocenters. The van der Waals surface area contributed by atoms with Crippen molar-refractivity contribution in [3.8, 4) is 11.1 Å². The van der Waals surface area contributed by atoms with Gasteiger partial charge in [0.1, 0.15) is 6.61 Å². The van der Waals surface area contributed by atoms with Crippen molar-refractivity contribution in [2.75, 3.05) is 46.2 Å². The number of hydrogen-bond acceptors (Lipinski definition) is 7. The molecule has 0 saturated heterocycles. The number of allylic oxidation sites excluding steroid dienone is 1. The summed E-state index contributed by atoms with van der Waals surface area (Å²) in [6, 6.07) is 14.9. The molecule has 4 rings (SSSR count). The van der Waals surface area contributed by atoms with Crippen LogP contribution < -0.4 is 0 Å². The molecule has 0 amide bonds. The third-order valence-corrected chi connectivity index (χ3v) is 6.70. The van der Waals surface area contributed by atoms with Crippen LogP contribution in [0.3, 0.4) is 0 Å². The largest absolute Gasteiger partial charge is 0.457 e. The van der Waals surface area contributed by atoms with Crippen LogP contribution >= 0.6 is 0 Å². The maximum Gasteiger partial charge on any atom is 0.373 e. The Morgan fingerprint density at radius 1 is 1.08 bits per heavy atom. The van der Waals surface area contributed by atoms with E-state index < -0.39 is 12.3 Å². The van der Waals surface area contributed by atoms with Gasteiger partial charge in [-0.05, 0) is 53.7 Å². The van der Waals surface area contributed by atoms with Crippen molar-refractivity contribution in [1.29, 1.82) is 0 Å². The summed E-state index contributed by atoms with van der Waals surface area (Å²) >= 11 is 0. The molecule has 198 valence electrons. The van der Waals surface area contributed by atoms with Gasteiger partial charge in [-0.15, -0.1) is 0 Å².